The number of furan rings is 1. The molecule has 0 bridgehead atoms. The lowest BCUT2D eigenvalue weighted by Crippen LogP contribution is -2.44. The minimum atomic E-state index is -0.128. The van der Waals surface area contributed by atoms with Gasteiger partial charge in [-0.3, -0.25) is 4.79 Å². The molecule has 4 nitrogen and oxygen atoms in total. The minimum Gasteiger partial charge on any atom is -0.451 e. The summed E-state index contributed by atoms with van der Waals surface area (Å²) < 4.78 is 5.73. The van der Waals surface area contributed by atoms with Crippen molar-refractivity contribution in [1.82, 2.24) is 5.32 Å². The summed E-state index contributed by atoms with van der Waals surface area (Å²) in [5.74, 6) is 0.643. The number of hydrogen-bond donors (Lipinski definition) is 2. The van der Waals surface area contributed by atoms with Crippen LogP contribution < -0.4 is 11.1 Å². The van der Waals surface area contributed by atoms with Crippen LogP contribution in [0.3, 0.4) is 0 Å². The van der Waals surface area contributed by atoms with Crippen molar-refractivity contribution >= 4 is 16.9 Å². The fourth-order valence-electron chi connectivity index (χ4n) is 3.33. The van der Waals surface area contributed by atoms with Gasteiger partial charge in [0.15, 0.2) is 5.76 Å². The summed E-state index contributed by atoms with van der Waals surface area (Å²) in [7, 11) is 0. The minimum absolute atomic E-state index is 0.128. The molecular weight excluding hydrogens is 276 g/mol. The van der Waals surface area contributed by atoms with Gasteiger partial charge >= 0.3 is 0 Å². The Balaban J connectivity index is 1.79. The zero-order valence-corrected chi connectivity index (χ0v) is 13.3. The maximum absolute atomic E-state index is 12.5. The summed E-state index contributed by atoms with van der Waals surface area (Å²) in [6.07, 6.45) is 4.46. The van der Waals surface area contributed by atoms with Crippen LogP contribution >= 0.6 is 0 Å². The Morgan fingerprint density at radius 2 is 1.95 bits per heavy atom. The molecule has 0 radical (unpaired) electrons. The van der Waals surface area contributed by atoms with Crippen LogP contribution in [0.15, 0.2) is 22.6 Å². The van der Waals surface area contributed by atoms with E-state index in [0.29, 0.717) is 18.2 Å². The second-order valence-electron chi connectivity index (χ2n) is 6.45. The predicted octanol–water partition coefficient (Wildman–Crippen LogP) is 3.30. The maximum atomic E-state index is 12.5. The van der Waals surface area contributed by atoms with Crippen LogP contribution in [-0.4, -0.2) is 18.5 Å². The summed E-state index contributed by atoms with van der Waals surface area (Å²) in [6, 6.07) is 6.05. The molecule has 2 aromatic rings. The molecule has 0 saturated heterocycles. The molecule has 1 amide bonds. The monoisotopic (exact) mass is 300 g/mol. The second kappa shape index (κ2) is 6.13. The van der Waals surface area contributed by atoms with Crippen LogP contribution in [0.2, 0.25) is 0 Å². The van der Waals surface area contributed by atoms with Gasteiger partial charge in [0.1, 0.15) is 5.58 Å². The number of benzene rings is 1. The summed E-state index contributed by atoms with van der Waals surface area (Å²) >= 11 is 0. The van der Waals surface area contributed by atoms with E-state index in [1.54, 1.807) is 0 Å². The molecule has 1 heterocycles. The quantitative estimate of drug-likeness (QED) is 0.914. The molecule has 3 rings (SSSR count). The largest absolute Gasteiger partial charge is 0.451 e. The standard InChI is InChI=1S/C18H24N2O2/c1-11-7-14-9-17(22-16(14)8-12(11)2)18(21)20-15-6-4-3-5-13(15)10-19/h7-9,13,15H,3-6,10,19H2,1-2H3,(H,20,21). The van der Waals surface area contributed by atoms with Crippen LogP contribution in [0.25, 0.3) is 11.0 Å². The van der Waals surface area contributed by atoms with Gasteiger partial charge in [-0.15, -0.1) is 0 Å². The van der Waals surface area contributed by atoms with Gasteiger partial charge in [0.2, 0.25) is 0 Å². The van der Waals surface area contributed by atoms with E-state index in [1.165, 1.54) is 17.5 Å². The average molecular weight is 300 g/mol. The highest BCUT2D eigenvalue weighted by Gasteiger charge is 2.26. The molecule has 22 heavy (non-hydrogen) atoms. The van der Waals surface area contributed by atoms with Gasteiger partial charge in [0, 0.05) is 11.4 Å². The lowest BCUT2D eigenvalue weighted by atomic mass is 9.84. The molecule has 0 aliphatic heterocycles. The van der Waals surface area contributed by atoms with E-state index >= 15 is 0 Å². The smallest absolute Gasteiger partial charge is 0.287 e. The molecular formula is C18H24N2O2. The van der Waals surface area contributed by atoms with E-state index < -0.39 is 0 Å². The van der Waals surface area contributed by atoms with Crippen LogP contribution in [0, 0.1) is 19.8 Å². The lowest BCUT2D eigenvalue weighted by molar-refractivity contribution is 0.0882. The van der Waals surface area contributed by atoms with E-state index in [0.717, 1.165) is 30.2 Å². The zero-order valence-electron chi connectivity index (χ0n) is 13.3. The third-order valence-corrected chi connectivity index (χ3v) is 4.88. The molecule has 1 aromatic carbocycles. The fraction of sp³-hybridized carbons (Fsp3) is 0.500. The number of nitrogens with one attached hydrogen (secondary N) is 1. The van der Waals surface area contributed by atoms with Crippen molar-refractivity contribution in [3.63, 3.8) is 0 Å². The van der Waals surface area contributed by atoms with Gasteiger partial charge in [-0.05, 0) is 68.5 Å². The van der Waals surface area contributed by atoms with Gasteiger partial charge in [-0.1, -0.05) is 12.8 Å². The van der Waals surface area contributed by atoms with Crippen LogP contribution in [-0.2, 0) is 0 Å². The van der Waals surface area contributed by atoms with Crippen molar-refractivity contribution in [3.05, 3.63) is 35.1 Å². The molecule has 1 aliphatic carbocycles. The Hall–Kier alpha value is -1.81. The number of amides is 1. The Morgan fingerprint density at radius 3 is 2.73 bits per heavy atom. The van der Waals surface area contributed by atoms with Crippen molar-refractivity contribution in [2.45, 2.75) is 45.6 Å². The zero-order chi connectivity index (χ0) is 15.7. The SMILES string of the molecule is Cc1cc2cc(C(=O)NC3CCCCC3CN)oc2cc1C. The van der Waals surface area contributed by atoms with Crippen molar-refractivity contribution in [2.24, 2.45) is 11.7 Å². The highest BCUT2D eigenvalue weighted by Crippen LogP contribution is 2.26. The van der Waals surface area contributed by atoms with Crippen LogP contribution in [0.1, 0.15) is 47.4 Å². The number of nitrogens with two attached hydrogens (primary N) is 1. The van der Waals surface area contributed by atoms with E-state index in [-0.39, 0.29) is 11.9 Å². The molecule has 1 saturated carbocycles. The Kier molecular flexibility index (Phi) is 4.21. The van der Waals surface area contributed by atoms with E-state index in [9.17, 15) is 4.79 Å². The molecule has 2 atom stereocenters. The number of carbonyl (C=O) groups is 1. The van der Waals surface area contributed by atoms with Gasteiger partial charge in [-0.25, -0.2) is 0 Å². The van der Waals surface area contributed by atoms with Gasteiger partial charge in [0.25, 0.3) is 5.91 Å². The topological polar surface area (TPSA) is 68.3 Å². The highest BCUT2D eigenvalue weighted by molar-refractivity contribution is 5.96. The molecule has 2 unspecified atom stereocenters. The van der Waals surface area contributed by atoms with Crippen LogP contribution in [0.5, 0.6) is 0 Å². The van der Waals surface area contributed by atoms with Crippen molar-refractivity contribution in [2.75, 3.05) is 6.54 Å². The average Bonchev–Trinajstić information content (AvgIpc) is 2.91. The van der Waals surface area contributed by atoms with Crippen molar-refractivity contribution < 1.29 is 9.21 Å². The molecule has 3 N–H and O–H groups in total. The Bertz CT molecular complexity index is 651. The van der Waals surface area contributed by atoms with Crippen molar-refractivity contribution in [3.8, 4) is 0 Å². The summed E-state index contributed by atoms with van der Waals surface area (Å²) in [6.45, 7) is 4.74. The normalized spacial score (nSPS) is 22.0. The number of fused-ring (bicyclic) bond motifs is 1. The molecule has 4 heteroatoms. The number of aryl methyl sites for hydroxylation is 2. The third-order valence-electron chi connectivity index (χ3n) is 4.88. The number of hydrogen-bond acceptors (Lipinski definition) is 3. The molecule has 1 aliphatic rings. The summed E-state index contributed by atoms with van der Waals surface area (Å²) in [4.78, 5) is 12.5. The third kappa shape index (κ3) is 2.88. The Morgan fingerprint density at radius 1 is 1.23 bits per heavy atom. The van der Waals surface area contributed by atoms with E-state index in [4.69, 9.17) is 10.2 Å². The van der Waals surface area contributed by atoms with Gasteiger partial charge in [0.05, 0.1) is 0 Å². The summed E-state index contributed by atoms with van der Waals surface area (Å²) in [5.41, 5.74) is 8.97. The van der Waals surface area contributed by atoms with Gasteiger partial charge in [-0.2, -0.15) is 0 Å². The first kappa shape index (κ1) is 15.1. The number of rotatable bonds is 3. The first-order valence-corrected chi connectivity index (χ1v) is 8.10. The fourth-order valence-corrected chi connectivity index (χ4v) is 3.33. The maximum Gasteiger partial charge on any atom is 0.287 e. The van der Waals surface area contributed by atoms with Crippen LogP contribution in [0.4, 0.5) is 0 Å². The molecule has 1 aromatic heterocycles. The summed E-state index contributed by atoms with van der Waals surface area (Å²) in [5, 5.41) is 4.09. The molecule has 118 valence electrons. The molecule has 0 spiro atoms. The van der Waals surface area contributed by atoms with E-state index in [2.05, 4.69) is 18.3 Å². The Labute approximate surface area is 131 Å². The second-order valence-corrected chi connectivity index (χ2v) is 6.45. The first-order chi connectivity index (χ1) is 10.6. The lowest BCUT2D eigenvalue weighted by Gasteiger charge is -2.30. The highest BCUT2D eigenvalue weighted by atomic mass is 16.3. The van der Waals surface area contributed by atoms with Crippen molar-refractivity contribution in [1.29, 1.82) is 0 Å². The van der Waals surface area contributed by atoms with Gasteiger partial charge < -0.3 is 15.5 Å². The number of carbonyl (C=O) groups excluding carboxylic acids is 1. The predicted molar refractivity (Wildman–Crippen MR) is 88.0 cm³/mol. The van der Waals surface area contributed by atoms with E-state index in [1.807, 2.05) is 19.1 Å². The molecule has 1 fully saturated rings. The first-order valence-electron chi connectivity index (χ1n) is 8.10.